The van der Waals surface area contributed by atoms with Crippen molar-refractivity contribution >= 4 is 17.3 Å². The molecule has 1 saturated heterocycles. The molecule has 3 rings (SSSR count). The number of hydrogen-bond acceptors (Lipinski definition) is 3. The molecule has 0 saturated carbocycles. The highest BCUT2D eigenvalue weighted by atomic mass is 16.2. The molecule has 4 nitrogen and oxygen atoms in total. The van der Waals surface area contributed by atoms with E-state index >= 15 is 0 Å². The van der Waals surface area contributed by atoms with Crippen molar-refractivity contribution in [1.82, 2.24) is 5.32 Å². The van der Waals surface area contributed by atoms with Gasteiger partial charge < -0.3 is 15.1 Å². The van der Waals surface area contributed by atoms with E-state index in [2.05, 4.69) is 61.1 Å². The van der Waals surface area contributed by atoms with Crippen LogP contribution in [0.15, 0.2) is 18.2 Å². The van der Waals surface area contributed by atoms with Crippen LogP contribution in [0, 0.1) is 11.8 Å². The summed E-state index contributed by atoms with van der Waals surface area (Å²) in [5.74, 6) is 1.19. The molecule has 0 aromatic heterocycles. The molecule has 2 unspecified atom stereocenters. The van der Waals surface area contributed by atoms with Crippen molar-refractivity contribution in [2.45, 2.75) is 39.7 Å². The Morgan fingerprint density at radius 3 is 2.74 bits per heavy atom. The molecule has 0 bridgehead atoms. The maximum absolute atomic E-state index is 12.4. The lowest BCUT2D eigenvalue weighted by Crippen LogP contribution is -2.50. The number of benzene rings is 1. The van der Waals surface area contributed by atoms with Crippen molar-refractivity contribution in [3.05, 3.63) is 23.8 Å². The molecule has 2 aliphatic heterocycles. The predicted octanol–water partition coefficient (Wildman–Crippen LogP) is 2.67. The van der Waals surface area contributed by atoms with Crippen LogP contribution >= 0.6 is 0 Å². The smallest absolute Gasteiger partial charge is 0.242 e. The minimum absolute atomic E-state index is 0.109. The van der Waals surface area contributed by atoms with E-state index < -0.39 is 0 Å². The minimum atomic E-state index is -0.109. The van der Waals surface area contributed by atoms with Crippen molar-refractivity contribution in [2.75, 3.05) is 36.5 Å². The van der Waals surface area contributed by atoms with Gasteiger partial charge >= 0.3 is 0 Å². The van der Waals surface area contributed by atoms with Crippen LogP contribution in [0.3, 0.4) is 0 Å². The average Bonchev–Trinajstić information content (AvgIpc) is 2.92. The fourth-order valence-electron chi connectivity index (χ4n) is 3.96. The lowest BCUT2D eigenvalue weighted by atomic mass is 9.97. The van der Waals surface area contributed by atoms with E-state index in [4.69, 9.17) is 0 Å². The Hall–Kier alpha value is -1.71. The van der Waals surface area contributed by atoms with Gasteiger partial charge in [-0.25, -0.2) is 0 Å². The Morgan fingerprint density at radius 2 is 2.09 bits per heavy atom. The van der Waals surface area contributed by atoms with Gasteiger partial charge in [-0.15, -0.1) is 0 Å². The largest absolute Gasteiger partial charge is 0.371 e. The van der Waals surface area contributed by atoms with Crippen LogP contribution in [0.4, 0.5) is 11.4 Å². The first kappa shape index (κ1) is 16.2. The molecule has 1 aromatic rings. The topological polar surface area (TPSA) is 35.6 Å². The molecule has 1 N–H and O–H groups in total. The zero-order chi connectivity index (χ0) is 16.6. The standard InChI is InChI=1S/C19H29N3O/c1-13(2)18-19(23)20-9-7-15-5-6-16(11-17(15)21(18)4)22-10-8-14(3)12-22/h5-6,11,13-14,18H,7-10,12H2,1-4H3,(H,20,23). The van der Waals surface area contributed by atoms with Crippen LogP contribution in [0.2, 0.25) is 0 Å². The van der Waals surface area contributed by atoms with Crippen LogP contribution in [-0.2, 0) is 11.2 Å². The molecule has 1 fully saturated rings. The van der Waals surface area contributed by atoms with Crippen LogP contribution in [0.25, 0.3) is 0 Å². The summed E-state index contributed by atoms with van der Waals surface area (Å²) in [6.07, 6.45) is 2.16. The summed E-state index contributed by atoms with van der Waals surface area (Å²) < 4.78 is 0. The predicted molar refractivity (Wildman–Crippen MR) is 96.2 cm³/mol. The number of nitrogens with zero attached hydrogens (tertiary/aromatic N) is 2. The SMILES string of the molecule is CC1CCN(c2ccc3c(c2)N(C)C(C(C)C)C(=O)NCC3)C1. The van der Waals surface area contributed by atoms with Crippen molar-refractivity contribution < 1.29 is 4.79 Å². The van der Waals surface area contributed by atoms with Gasteiger partial charge in [-0.2, -0.15) is 0 Å². The molecule has 126 valence electrons. The summed E-state index contributed by atoms with van der Waals surface area (Å²) in [6, 6.07) is 6.68. The van der Waals surface area contributed by atoms with Crippen molar-refractivity contribution in [3.63, 3.8) is 0 Å². The molecule has 0 aliphatic carbocycles. The number of anilines is 2. The Bertz CT molecular complexity index is 584. The monoisotopic (exact) mass is 315 g/mol. The van der Waals surface area contributed by atoms with Gasteiger partial charge in [0.15, 0.2) is 0 Å². The van der Waals surface area contributed by atoms with E-state index in [0.29, 0.717) is 0 Å². The maximum Gasteiger partial charge on any atom is 0.242 e. The third kappa shape index (κ3) is 3.17. The summed E-state index contributed by atoms with van der Waals surface area (Å²) >= 11 is 0. The third-order valence-electron chi connectivity index (χ3n) is 5.25. The highest BCUT2D eigenvalue weighted by Crippen LogP contribution is 2.32. The van der Waals surface area contributed by atoms with Gasteiger partial charge in [-0.1, -0.05) is 26.8 Å². The molecule has 1 aromatic carbocycles. The Morgan fingerprint density at radius 1 is 1.30 bits per heavy atom. The molecule has 0 spiro atoms. The summed E-state index contributed by atoms with van der Waals surface area (Å²) in [7, 11) is 2.06. The molecule has 1 amide bonds. The van der Waals surface area contributed by atoms with Crippen LogP contribution in [0.1, 0.15) is 32.8 Å². The molecule has 2 heterocycles. The van der Waals surface area contributed by atoms with Gasteiger partial charge in [-0.3, -0.25) is 4.79 Å². The quantitative estimate of drug-likeness (QED) is 0.911. The van der Waals surface area contributed by atoms with Gasteiger partial charge in [0.2, 0.25) is 5.91 Å². The molecule has 2 aliphatic rings. The first-order chi connectivity index (χ1) is 11.0. The number of amides is 1. The van der Waals surface area contributed by atoms with Crippen LogP contribution in [-0.4, -0.2) is 38.6 Å². The average molecular weight is 315 g/mol. The fourth-order valence-corrected chi connectivity index (χ4v) is 3.96. The molecular weight excluding hydrogens is 286 g/mol. The second kappa shape index (κ2) is 6.42. The van der Waals surface area contributed by atoms with Crippen molar-refractivity contribution in [2.24, 2.45) is 11.8 Å². The molecular formula is C19H29N3O. The van der Waals surface area contributed by atoms with E-state index in [1.165, 1.54) is 23.4 Å². The fraction of sp³-hybridized carbons (Fsp3) is 0.632. The Kier molecular flexibility index (Phi) is 4.51. The number of fused-ring (bicyclic) bond motifs is 1. The highest BCUT2D eigenvalue weighted by Gasteiger charge is 2.30. The van der Waals surface area contributed by atoms with Crippen molar-refractivity contribution in [1.29, 1.82) is 0 Å². The number of nitrogens with one attached hydrogen (secondary N) is 1. The Balaban J connectivity index is 1.96. The molecule has 23 heavy (non-hydrogen) atoms. The van der Waals surface area contributed by atoms with E-state index in [1.54, 1.807) is 0 Å². The third-order valence-corrected chi connectivity index (χ3v) is 5.25. The lowest BCUT2D eigenvalue weighted by molar-refractivity contribution is -0.123. The van der Waals surface area contributed by atoms with Crippen molar-refractivity contribution in [3.8, 4) is 0 Å². The number of carbonyl (C=O) groups excluding carboxylic acids is 1. The van der Waals surface area contributed by atoms with Gasteiger partial charge in [0.1, 0.15) is 6.04 Å². The van der Waals surface area contributed by atoms with Gasteiger partial charge in [0.05, 0.1) is 0 Å². The number of carbonyl (C=O) groups is 1. The van der Waals surface area contributed by atoms with Crippen LogP contribution < -0.4 is 15.1 Å². The summed E-state index contributed by atoms with van der Waals surface area (Å²) in [4.78, 5) is 17.1. The van der Waals surface area contributed by atoms with Crippen LogP contribution in [0.5, 0.6) is 0 Å². The van der Waals surface area contributed by atoms with E-state index in [9.17, 15) is 4.79 Å². The van der Waals surface area contributed by atoms with E-state index in [1.807, 2.05) is 0 Å². The number of rotatable bonds is 2. The van der Waals surface area contributed by atoms with Gasteiger partial charge in [0, 0.05) is 38.1 Å². The molecule has 0 radical (unpaired) electrons. The maximum atomic E-state index is 12.4. The summed E-state index contributed by atoms with van der Waals surface area (Å²) in [5, 5.41) is 3.07. The lowest BCUT2D eigenvalue weighted by Gasteiger charge is -2.36. The zero-order valence-electron chi connectivity index (χ0n) is 14.8. The van der Waals surface area contributed by atoms with E-state index in [0.717, 1.165) is 32.0 Å². The van der Waals surface area contributed by atoms with E-state index in [-0.39, 0.29) is 17.9 Å². The minimum Gasteiger partial charge on any atom is -0.371 e. The molecule has 4 heteroatoms. The normalized spacial score (nSPS) is 25.2. The zero-order valence-corrected chi connectivity index (χ0v) is 14.8. The summed E-state index contributed by atoms with van der Waals surface area (Å²) in [5.41, 5.74) is 3.84. The number of likely N-dealkylation sites (N-methyl/N-ethyl adjacent to an activating group) is 1. The Labute approximate surface area is 139 Å². The first-order valence-electron chi connectivity index (χ1n) is 8.85. The first-order valence-corrected chi connectivity index (χ1v) is 8.85. The summed E-state index contributed by atoms with van der Waals surface area (Å²) in [6.45, 7) is 9.55. The number of hydrogen-bond donors (Lipinski definition) is 1. The molecule has 2 atom stereocenters. The second-order valence-electron chi connectivity index (χ2n) is 7.49. The van der Waals surface area contributed by atoms with Gasteiger partial charge in [0.25, 0.3) is 0 Å². The highest BCUT2D eigenvalue weighted by molar-refractivity contribution is 5.86. The van der Waals surface area contributed by atoms with Gasteiger partial charge in [-0.05, 0) is 42.4 Å². The second-order valence-corrected chi connectivity index (χ2v) is 7.49.